The molecule has 2 nitrogen and oxygen atoms in total. The lowest BCUT2D eigenvalue weighted by Gasteiger charge is -2.12. The van der Waals surface area contributed by atoms with Gasteiger partial charge in [0.2, 0.25) is 0 Å². The van der Waals surface area contributed by atoms with Gasteiger partial charge in [0, 0.05) is 6.04 Å². The minimum Gasteiger partial charge on any atom is -0.326 e. The molecule has 0 aromatic rings. The lowest BCUT2D eigenvalue weighted by Crippen LogP contribution is -2.44. The molecule has 0 saturated heterocycles. The minimum atomic E-state index is -2.50. The standard InChI is InChI=1S/C4H10F2N2/c1-2(7)3(8)4(5)6/h2-4H,7-8H2,1H3. The molecule has 0 amide bonds. The van der Waals surface area contributed by atoms with Gasteiger partial charge in [0.05, 0.1) is 6.04 Å². The maximum Gasteiger partial charge on any atom is 0.254 e. The third-order valence-corrected chi connectivity index (χ3v) is 0.898. The molecule has 0 aromatic heterocycles. The van der Waals surface area contributed by atoms with Crippen LogP contribution in [0.4, 0.5) is 8.78 Å². The first-order chi connectivity index (χ1) is 3.55. The molecule has 0 aliphatic carbocycles. The smallest absolute Gasteiger partial charge is 0.254 e. The number of hydrogen-bond acceptors (Lipinski definition) is 2. The van der Waals surface area contributed by atoms with Crippen LogP contribution in [0.2, 0.25) is 0 Å². The highest BCUT2D eigenvalue weighted by molar-refractivity contribution is 4.72. The molecule has 0 radical (unpaired) electrons. The molecule has 0 aromatic carbocycles. The van der Waals surface area contributed by atoms with Crippen LogP contribution in [-0.4, -0.2) is 18.5 Å². The van der Waals surface area contributed by atoms with E-state index in [1.807, 2.05) is 0 Å². The van der Waals surface area contributed by atoms with Crippen LogP contribution in [0, 0.1) is 0 Å². The Morgan fingerprint density at radius 3 is 1.62 bits per heavy atom. The van der Waals surface area contributed by atoms with Crippen molar-refractivity contribution in [2.45, 2.75) is 25.4 Å². The van der Waals surface area contributed by atoms with E-state index in [0.717, 1.165) is 0 Å². The highest BCUT2D eigenvalue weighted by atomic mass is 19.3. The van der Waals surface area contributed by atoms with Crippen LogP contribution in [0.5, 0.6) is 0 Å². The van der Waals surface area contributed by atoms with E-state index in [2.05, 4.69) is 0 Å². The monoisotopic (exact) mass is 124 g/mol. The first kappa shape index (κ1) is 7.78. The Kier molecular flexibility index (Phi) is 2.86. The number of rotatable bonds is 2. The predicted molar refractivity (Wildman–Crippen MR) is 27.6 cm³/mol. The van der Waals surface area contributed by atoms with E-state index in [4.69, 9.17) is 11.5 Å². The Bertz CT molecular complexity index is 57.1. The highest BCUT2D eigenvalue weighted by Gasteiger charge is 2.18. The molecule has 0 aliphatic rings. The minimum absolute atomic E-state index is 0.630. The average molecular weight is 124 g/mol. The molecule has 4 N–H and O–H groups in total. The van der Waals surface area contributed by atoms with Crippen molar-refractivity contribution in [3.05, 3.63) is 0 Å². The summed E-state index contributed by atoms with van der Waals surface area (Å²) in [5, 5.41) is 0. The Labute approximate surface area is 46.8 Å². The Hall–Kier alpha value is -0.220. The van der Waals surface area contributed by atoms with E-state index >= 15 is 0 Å². The molecule has 0 rings (SSSR count). The van der Waals surface area contributed by atoms with Crippen LogP contribution >= 0.6 is 0 Å². The number of alkyl halides is 2. The molecular weight excluding hydrogens is 114 g/mol. The molecule has 0 aliphatic heterocycles. The topological polar surface area (TPSA) is 52.0 Å². The predicted octanol–water partition coefficient (Wildman–Crippen LogP) is -0.0740. The van der Waals surface area contributed by atoms with Crippen LogP contribution < -0.4 is 11.5 Å². The molecule has 0 fully saturated rings. The van der Waals surface area contributed by atoms with Crippen molar-refractivity contribution in [1.29, 1.82) is 0 Å². The van der Waals surface area contributed by atoms with Crippen LogP contribution in [0.3, 0.4) is 0 Å². The van der Waals surface area contributed by atoms with Crippen molar-refractivity contribution in [3.63, 3.8) is 0 Å². The van der Waals surface area contributed by atoms with E-state index in [0.29, 0.717) is 0 Å². The van der Waals surface area contributed by atoms with E-state index < -0.39 is 18.5 Å². The van der Waals surface area contributed by atoms with E-state index in [-0.39, 0.29) is 0 Å². The third kappa shape index (κ3) is 2.18. The summed E-state index contributed by atoms with van der Waals surface area (Å²) in [4.78, 5) is 0. The van der Waals surface area contributed by atoms with E-state index in [1.165, 1.54) is 6.92 Å². The molecule has 2 unspecified atom stereocenters. The van der Waals surface area contributed by atoms with Crippen LogP contribution in [-0.2, 0) is 0 Å². The molecule has 0 saturated carbocycles. The molecule has 0 spiro atoms. The molecule has 8 heavy (non-hydrogen) atoms. The van der Waals surface area contributed by atoms with Crippen LogP contribution in [0.25, 0.3) is 0 Å². The normalized spacial score (nSPS) is 18.8. The van der Waals surface area contributed by atoms with Crippen molar-refractivity contribution in [2.24, 2.45) is 11.5 Å². The fourth-order valence-electron chi connectivity index (χ4n) is 0.229. The van der Waals surface area contributed by atoms with Gasteiger partial charge >= 0.3 is 0 Å². The largest absolute Gasteiger partial charge is 0.326 e. The maximum atomic E-state index is 11.5. The first-order valence-corrected chi connectivity index (χ1v) is 2.35. The molecular formula is C4H10F2N2. The molecule has 2 atom stereocenters. The molecule has 0 bridgehead atoms. The first-order valence-electron chi connectivity index (χ1n) is 2.35. The van der Waals surface area contributed by atoms with Gasteiger partial charge in [-0.2, -0.15) is 0 Å². The lowest BCUT2D eigenvalue weighted by molar-refractivity contribution is 0.107. The Balaban J connectivity index is 3.46. The molecule has 0 heterocycles. The lowest BCUT2D eigenvalue weighted by atomic mass is 10.2. The van der Waals surface area contributed by atoms with Crippen molar-refractivity contribution in [1.82, 2.24) is 0 Å². The SMILES string of the molecule is CC(N)C(N)C(F)F. The number of hydrogen-bond donors (Lipinski definition) is 2. The Morgan fingerprint density at radius 1 is 1.25 bits per heavy atom. The summed E-state index contributed by atoms with van der Waals surface area (Å²) in [6.45, 7) is 1.46. The van der Waals surface area contributed by atoms with Gasteiger partial charge < -0.3 is 11.5 Å². The van der Waals surface area contributed by atoms with Gasteiger partial charge in [-0.15, -0.1) is 0 Å². The fraction of sp³-hybridized carbons (Fsp3) is 1.00. The quantitative estimate of drug-likeness (QED) is 0.541. The second-order valence-corrected chi connectivity index (χ2v) is 1.77. The fourth-order valence-corrected chi connectivity index (χ4v) is 0.229. The third-order valence-electron chi connectivity index (χ3n) is 0.898. The summed E-state index contributed by atoms with van der Waals surface area (Å²) in [7, 11) is 0. The van der Waals surface area contributed by atoms with Gasteiger partial charge in [-0.1, -0.05) is 0 Å². The van der Waals surface area contributed by atoms with Gasteiger partial charge in [-0.3, -0.25) is 0 Å². The van der Waals surface area contributed by atoms with Crippen molar-refractivity contribution in [3.8, 4) is 0 Å². The molecule has 50 valence electrons. The van der Waals surface area contributed by atoms with Gasteiger partial charge in [-0.25, -0.2) is 8.78 Å². The van der Waals surface area contributed by atoms with Gasteiger partial charge in [0.25, 0.3) is 6.43 Å². The van der Waals surface area contributed by atoms with Crippen LogP contribution in [0.15, 0.2) is 0 Å². The van der Waals surface area contributed by atoms with Crippen molar-refractivity contribution >= 4 is 0 Å². The summed E-state index contributed by atoms with van der Waals surface area (Å²) in [5.74, 6) is 0. The van der Waals surface area contributed by atoms with Crippen molar-refractivity contribution in [2.75, 3.05) is 0 Å². The summed E-state index contributed by atoms with van der Waals surface area (Å²) < 4.78 is 22.9. The zero-order valence-electron chi connectivity index (χ0n) is 4.64. The second kappa shape index (κ2) is 2.94. The van der Waals surface area contributed by atoms with Gasteiger partial charge in [-0.05, 0) is 6.92 Å². The maximum absolute atomic E-state index is 11.5. The average Bonchev–Trinajstić information content (AvgIpc) is 1.64. The van der Waals surface area contributed by atoms with Gasteiger partial charge in [0.1, 0.15) is 0 Å². The number of halogens is 2. The molecule has 4 heteroatoms. The summed E-state index contributed by atoms with van der Waals surface area (Å²) in [6.07, 6.45) is -2.50. The summed E-state index contributed by atoms with van der Waals surface area (Å²) >= 11 is 0. The zero-order chi connectivity index (χ0) is 6.73. The van der Waals surface area contributed by atoms with Gasteiger partial charge in [0.15, 0.2) is 0 Å². The van der Waals surface area contributed by atoms with E-state index in [9.17, 15) is 8.78 Å². The number of nitrogens with two attached hydrogens (primary N) is 2. The zero-order valence-corrected chi connectivity index (χ0v) is 4.64. The van der Waals surface area contributed by atoms with E-state index in [1.54, 1.807) is 0 Å². The highest BCUT2D eigenvalue weighted by Crippen LogP contribution is 1.99. The summed E-state index contributed by atoms with van der Waals surface area (Å²) in [6, 6.07) is -1.81. The Morgan fingerprint density at radius 2 is 1.62 bits per heavy atom. The summed E-state index contributed by atoms with van der Waals surface area (Å²) in [5.41, 5.74) is 9.92. The van der Waals surface area contributed by atoms with Crippen molar-refractivity contribution < 1.29 is 8.78 Å². The second-order valence-electron chi connectivity index (χ2n) is 1.77. The van der Waals surface area contributed by atoms with Crippen LogP contribution in [0.1, 0.15) is 6.92 Å².